The second-order valence-corrected chi connectivity index (χ2v) is 6.11. The minimum atomic E-state index is -0.222. The molecule has 1 N–H and O–H groups in total. The Kier molecular flexibility index (Phi) is 2.91. The predicted molar refractivity (Wildman–Crippen MR) is 59.8 cm³/mol. The molecule has 15 heavy (non-hydrogen) atoms. The molecule has 0 radical (unpaired) electrons. The Labute approximate surface area is 93.8 Å². The largest absolute Gasteiger partial charge is 0.324 e. The number of thioether (sulfide) groups is 1. The van der Waals surface area contributed by atoms with Crippen molar-refractivity contribution in [3.63, 3.8) is 0 Å². The number of carbonyl (C=O) groups excluding carboxylic acids is 2. The van der Waals surface area contributed by atoms with Crippen LogP contribution in [0.15, 0.2) is 0 Å². The molecule has 0 saturated carbocycles. The lowest BCUT2D eigenvalue weighted by molar-refractivity contribution is -0.121. The first-order valence-electron chi connectivity index (χ1n) is 5.32. The molecule has 2 aliphatic rings. The average Bonchev–Trinajstić information content (AvgIpc) is 2.58. The summed E-state index contributed by atoms with van der Waals surface area (Å²) in [6.07, 6.45) is 2.83. The molecule has 0 aliphatic carbocycles. The Morgan fingerprint density at radius 1 is 1.53 bits per heavy atom. The third-order valence-corrected chi connectivity index (χ3v) is 4.49. The van der Waals surface area contributed by atoms with Crippen LogP contribution in [0.5, 0.6) is 0 Å². The molecular formula is C10H16N2O2S. The molecule has 0 spiro atoms. The van der Waals surface area contributed by atoms with E-state index < -0.39 is 0 Å². The molecule has 2 heterocycles. The molecule has 2 saturated heterocycles. The van der Waals surface area contributed by atoms with Gasteiger partial charge in [-0.15, -0.1) is 0 Å². The van der Waals surface area contributed by atoms with Gasteiger partial charge in [0.25, 0.3) is 0 Å². The van der Waals surface area contributed by atoms with E-state index in [1.54, 1.807) is 4.90 Å². The zero-order chi connectivity index (χ0) is 10.9. The molecule has 0 aromatic carbocycles. The fourth-order valence-corrected chi connectivity index (χ4v) is 3.43. The smallest absolute Gasteiger partial charge is 0.323 e. The van der Waals surface area contributed by atoms with E-state index in [-0.39, 0.29) is 16.7 Å². The van der Waals surface area contributed by atoms with Crippen molar-refractivity contribution in [1.29, 1.82) is 0 Å². The van der Waals surface area contributed by atoms with E-state index in [1.807, 2.05) is 11.8 Å². The maximum absolute atomic E-state index is 11.5. The second-order valence-electron chi connectivity index (χ2n) is 4.43. The first-order chi connectivity index (χ1) is 7.09. The number of hydrogen-bond donors (Lipinski definition) is 1. The van der Waals surface area contributed by atoms with Gasteiger partial charge in [-0.1, -0.05) is 0 Å². The van der Waals surface area contributed by atoms with Crippen LogP contribution in [0.2, 0.25) is 0 Å². The van der Waals surface area contributed by atoms with Gasteiger partial charge in [0, 0.05) is 24.3 Å². The Hall–Kier alpha value is -0.710. The minimum Gasteiger partial charge on any atom is -0.323 e. The molecule has 5 heteroatoms. The predicted octanol–water partition coefficient (Wildman–Crippen LogP) is 1.21. The molecule has 4 nitrogen and oxygen atoms in total. The normalized spacial score (nSPS) is 31.9. The molecule has 3 amide bonds. The Morgan fingerprint density at radius 2 is 2.33 bits per heavy atom. The molecule has 84 valence electrons. The van der Waals surface area contributed by atoms with E-state index in [2.05, 4.69) is 12.2 Å². The maximum Gasteiger partial charge on any atom is 0.324 e. The fraction of sp³-hybridized carbons (Fsp3) is 0.800. The standard InChI is InChI=1S/C10H16N2O2S/c1-10(4-2-6-15-10)7-12-5-3-8(13)11-9(12)14/h2-7H2,1H3,(H,11,13,14). The molecule has 0 aromatic rings. The fourth-order valence-electron chi connectivity index (χ4n) is 2.12. The number of carbonyl (C=O) groups is 2. The van der Waals surface area contributed by atoms with Crippen molar-refractivity contribution in [2.24, 2.45) is 0 Å². The average molecular weight is 228 g/mol. The summed E-state index contributed by atoms with van der Waals surface area (Å²) >= 11 is 1.93. The highest BCUT2D eigenvalue weighted by Crippen LogP contribution is 2.38. The third kappa shape index (κ3) is 2.45. The highest BCUT2D eigenvalue weighted by Gasteiger charge is 2.34. The highest BCUT2D eigenvalue weighted by molar-refractivity contribution is 8.00. The van der Waals surface area contributed by atoms with Gasteiger partial charge < -0.3 is 4.90 Å². The van der Waals surface area contributed by atoms with Crippen LogP contribution in [-0.4, -0.2) is 40.4 Å². The van der Waals surface area contributed by atoms with E-state index >= 15 is 0 Å². The number of imide groups is 1. The summed E-state index contributed by atoms with van der Waals surface area (Å²) in [6.45, 7) is 3.53. The Morgan fingerprint density at radius 3 is 2.93 bits per heavy atom. The quantitative estimate of drug-likeness (QED) is 0.773. The topological polar surface area (TPSA) is 49.4 Å². The zero-order valence-electron chi connectivity index (χ0n) is 8.91. The highest BCUT2D eigenvalue weighted by atomic mass is 32.2. The van der Waals surface area contributed by atoms with Crippen molar-refractivity contribution in [2.75, 3.05) is 18.8 Å². The summed E-state index contributed by atoms with van der Waals surface area (Å²) < 4.78 is 0.192. The third-order valence-electron chi connectivity index (χ3n) is 2.97. The van der Waals surface area contributed by atoms with Crippen LogP contribution >= 0.6 is 11.8 Å². The lowest BCUT2D eigenvalue weighted by Gasteiger charge is -2.33. The number of nitrogens with zero attached hydrogens (tertiary/aromatic N) is 1. The molecule has 2 fully saturated rings. The van der Waals surface area contributed by atoms with Crippen molar-refractivity contribution < 1.29 is 9.59 Å². The molecule has 0 bridgehead atoms. The van der Waals surface area contributed by atoms with Gasteiger partial charge in [0.05, 0.1) is 0 Å². The SMILES string of the molecule is CC1(CN2CCC(=O)NC2=O)CCCS1. The molecule has 1 atom stereocenters. The van der Waals surface area contributed by atoms with E-state index in [0.717, 1.165) is 13.0 Å². The van der Waals surface area contributed by atoms with Crippen LogP contribution < -0.4 is 5.32 Å². The second kappa shape index (κ2) is 4.04. The van der Waals surface area contributed by atoms with Crippen LogP contribution in [0.25, 0.3) is 0 Å². The summed E-state index contributed by atoms with van der Waals surface area (Å²) in [7, 11) is 0. The van der Waals surface area contributed by atoms with Crippen molar-refractivity contribution in [3.05, 3.63) is 0 Å². The van der Waals surface area contributed by atoms with Gasteiger partial charge in [-0.25, -0.2) is 4.79 Å². The van der Waals surface area contributed by atoms with Crippen LogP contribution in [-0.2, 0) is 4.79 Å². The van der Waals surface area contributed by atoms with Crippen molar-refractivity contribution in [2.45, 2.75) is 30.9 Å². The van der Waals surface area contributed by atoms with Gasteiger partial charge in [-0.3, -0.25) is 10.1 Å². The van der Waals surface area contributed by atoms with Crippen LogP contribution in [0.1, 0.15) is 26.2 Å². The molecule has 1 unspecified atom stereocenters. The summed E-state index contributed by atoms with van der Waals surface area (Å²) in [5.41, 5.74) is 0. The number of amides is 3. The maximum atomic E-state index is 11.5. The summed E-state index contributed by atoms with van der Waals surface area (Å²) in [6, 6.07) is -0.222. The summed E-state index contributed by atoms with van der Waals surface area (Å²) in [5, 5.41) is 2.36. The van der Waals surface area contributed by atoms with Crippen LogP contribution in [0.4, 0.5) is 4.79 Å². The lowest BCUT2D eigenvalue weighted by atomic mass is 10.0. The summed E-state index contributed by atoms with van der Waals surface area (Å²) in [4.78, 5) is 24.3. The monoisotopic (exact) mass is 228 g/mol. The van der Waals surface area contributed by atoms with Crippen LogP contribution in [0, 0.1) is 0 Å². The first kappa shape index (κ1) is 10.8. The van der Waals surface area contributed by atoms with Crippen molar-refractivity contribution >= 4 is 23.7 Å². The van der Waals surface area contributed by atoms with E-state index in [4.69, 9.17) is 0 Å². The van der Waals surface area contributed by atoms with Gasteiger partial charge in [-0.2, -0.15) is 11.8 Å². The van der Waals surface area contributed by atoms with E-state index in [0.29, 0.717) is 13.0 Å². The molecule has 0 aromatic heterocycles. The number of urea groups is 1. The minimum absolute atomic E-state index is 0.152. The molecule has 2 aliphatic heterocycles. The van der Waals surface area contributed by atoms with Gasteiger partial charge in [-0.05, 0) is 25.5 Å². The van der Waals surface area contributed by atoms with Crippen molar-refractivity contribution in [1.82, 2.24) is 10.2 Å². The Bertz CT molecular complexity index is 287. The Balaban J connectivity index is 1.94. The number of rotatable bonds is 2. The van der Waals surface area contributed by atoms with Gasteiger partial charge in [0.15, 0.2) is 0 Å². The first-order valence-corrected chi connectivity index (χ1v) is 6.30. The van der Waals surface area contributed by atoms with Gasteiger partial charge in [0.1, 0.15) is 0 Å². The van der Waals surface area contributed by atoms with E-state index in [9.17, 15) is 9.59 Å². The molecule has 2 rings (SSSR count). The summed E-state index contributed by atoms with van der Waals surface area (Å²) in [5.74, 6) is 1.03. The lowest BCUT2D eigenvalue weighted by Crippen LogP contribution is -2.52. The number of nitrogens with one attached hydrogen (secondary N) is 1. The van der Waals surface area contributed by atoms with Crippen molar-refractivity contribution in [3.8, 4) is 0 Å². The van der Waals surface area contributed by atoms with E-state index in [1.165, 1.54) is 12.2 Å². The van der Waals surface area contributed by atoms with Crippen LogP contribution in [0.3, 0.4) is 0 Å². The van der Waals surface area contributed by atoms with Gasteiger partial charge in [0.2, 0.25) is 5.91 Å². The zero-order valence-corrected chi connectivity index (χ0v) is 9.73. The molecular weight excluding hydrogens is 212 g/mol. The van der Waals surface area contributed by atoms with Gasteiger partial charge >= 0.3 is 6.03 Å². The number of hydrogen-bond acceptors (Lipinski definition) is 3.